The first-order valence-corrected chi connectivity index (χ1v) is 7.64. The third-order valence-corrected chi connectivity index (χ3v) is 4.13. The number of ether oxygens (including phenoxy) is 3. The molecule has 1 aromatic rings. The molecular formula is C18H26O4. The Labute approximate surface area is 132 Å². The first kappa shape index (κ1) is 17.0. The highest BCUT2D eigenvalue weighted by atomic mass is 16.7. The first-order valence-electron chi connectivity index (χ1n) is 7.64. The Kier molecular flexibility index (Phi) is 4.64. The summed E-state index contributed by atoms with van der Waals surface area (Å²) >= 11 is 0. The van der Waals surface area contributed by atoms with Gasteiger partial charge in [0.15, 0.2) is 6.29 Å². The van der Waals surface area contributed by atoms with E-state index in [0.29, 0.717) is 13.2 Å². The molecule has 1 fully saturated rings. The maximum absolute atomic E-state index is 12.1. The van der Waals surface area contributed by atoms with Crippen LogP contribution in [-0.2, 0) is 29.8 Å². The van der Waals surface area contributed by atoms with Crippen molar-refractivity contribution in [1.82, 2.24) is 0 Å². The maximum atomic E-state index is 12.1. The molecule has 0 radical (unpaired) electrons. The van der Waals surface area contributed by atoms with Crippen LogP contribution in [0.1, 0.15) is 57.6 Å². The second-order valence-electron chi connectivity index (χ2n) is 7.28. The number of carbonyl (C=O) groups is 1. The Morgan fingerprint density at radius 1 is 1.05 bits per heavy atom. The highest BCUT2D eigenvalue weighted by Crippen LogP contribution is 2.35. The van der Waals surface area contributed by atoms with Crippen LogP contribution in [0.15, 0.2) is 18.2 Å². The predicted octanol–water partition coefficient (Wildman–Crippen LogP) is 3.48. The Morgan fingerprint density at radius 2 is 1.59 bits per heavy atom. The minimum atomic E-state index is -0.719. The molecule has 0 aliphatic carbocycles. The van der Waals surface area contributed by atoms with Crippen molar-refractivity contribution in [2.75, 3.05) is 20.3 Å². The molecular weight excluding hydrogens is 280 g/mol. The van der Waals surface area contributed by atoms with Crippen LogP contribution in [0.2, 0.25) is 0 Å². The molecule has 1 aliphatic rings. The summed E-state index contributed by atoms with van der Waals surface area (Å²) in [5, 5.41) is 0. The van der Waals surface area contributed by atoms with Gasteiger partial charge in [0.05, 0.1) is 25.7 Å². The number of rotatable bonds is 3. The van der Waals surface area contributed by atoms with Gasteiger partial charge in [0.2, 0.25) is 0 Å². The Hall–Kier alpha value is -1.39. The lowest BCUT2D eigenvalue weighted by Crippen LogP contribution is -2.31. The van der Waals surface area contributed by atoms with Crippen LogP contribution in [-0.4, -0.2) is 26.3 Å². The SMILES string of the molecule is COC(=O)C(C)(C)c1cc(C2OCCO2)cc(C(C)(C)C)c1. The second kappa shape index (κ2) is 6.01. The number of benzene rings is 1. The quantitative estimate of drug-likeness (QED) is 0.802. The van der Waals surface area contributed by atoms with Gasteiger partial charge in [-0.25, -0.2) is 0 Å². The van der Waals surface area contributed by atoms with E-state index in [2.05, 4.69) is 32.9 Å². The van der Waals surface area contributed by atoms with Crippen molar-refractivity contribution in [2.45, 2.75) is 51.7 Å². The van der Waals surface area contributed by atoms with Crippen LogP contribution in [0.4, 0.5) is 0 Å². The topological polar surface area (TPSA) is 44.8 Å². The molecule has 0 aromatic heterocycles. The summed E-state index contributed by atoms with van der Waals surface area (Å²) in [6.45, 7) is 11.4. The molecule has 22 heavy (non-hydrogen) atoms. The van der Waals surface area contributed by atoms with E-state index < -0.39 is 5.41 Å². The number of esters is 1. The van der Waals surface area contributed by atoms with Gasteiger partial charge in [-0.1, -0.05) is 32.9 Å². The van der Waals surface area contributed by atoms with Crippen molar-refractivity contribution in [2.24, 2.45) is 0 Å². The normalized spacial score (nSPS) is 16.8. The van der Waals surface area contributed by atoms with Gasteiger partial charge in [0.25, 0.3) is 0 Å². The second-order valence-corrected chi connectivity index (χ2v) is 7.28. The third kappa shape index (κ3) is 3.33. The van der Waals surface area contributed by atoms with E-state index in [-0.39, 0.29) is 17.7 Å². The van der Waals surface area contributed by atoms with E-state index in [4.69, 9.17) is 14.2 Å². The molecule has 0 spiro atoms. The summed E-state index contributed by atoms with van der Waals surface area (Å²) in [5.74, 6) is -0.252. The fourth-order valence-corrected chi connectivity index (χ4v) is 2.51. The maximum Gasteiger partial charge on any atom is 0.315 e. The fourth-order valence-electron chi connectivity index (χ4n) is 2.51. The average Bonchev–Trinajstić information content (AvgIpc) is 2.99. The van der Waals surface area contributed by atoms with E-state index >= 15 is 0 Å². The smallest absolute Gasteiger partial charge is 0.315 e. The van der Waals surface area contributed by atoms with E-state index in [9.17, 15) is 4.79 Å². The molecule has 4 nitrogen and oxygen atoms in total. The molecule has 1 aromatic carbocycles. The van der Waals surface area contributed by atoms with Gasteiger partial charge in [0.1, 0.15) is 0 Å². The lowest BCUT2D eigenvalue weighted by atomic mass is 9.78. The van der Waals surface area contributed by atoms with Crippen molar-refractivity contribution in [1.29, 1.82) is 0 Å². The molecule has 4 heteroatoms. The molecule has 1 heterocycles. The number of hydrogen-bond acceptors (Lipinski definition) is 4. The monoisotopic (exact) mass is 306 g/mol. The van der Waals surface area contributed by atoms with E-state index in [1.807, 2.05) is 19.9 Å². The Balaban J connectivity index is 2.53. The van der Waals surface area contributed by atoms with E-state index in [0.717, 1.165) is 16.7 Å². The van der Waals surface area contributed by atoms with Crippen LogP contribution in [0.25, 0.3) is 0 Å². The van der Waals surface area contributed by atoms with Crippen LogP contribution < -0.4 is 0 Å². The lowest BCUT2D eigenvalue weighted by Gasteiger charge is -2.28. The molecule has 0 unspecified atom stereocenters. The molecule has 122 valence electrons. The molecule has 0 atom stereocenters. The number of hydrogen-bond donors (Lipinski definition) is 0. The van der Waals surface area contributed by atoms with Crippen LogP contribution >= 0.6 is 0 Å². The largest absolute Gasteiger partial charge is 0.468 e. The van der Waals surface area contributed by atoms with Crippen molar-refractivity contribution < 1.29 is 19.0 Å². The summed E-state index contributed by atoms with van der Waals surface area (Å²) in [4.78, 5) is 12.1. The Morgan fingerprint density at radius 3 is 2.09 bits per heavy atom. The summed E-state index contributed by atoms with van der Waals surface area (Å²) in [7, 11) is 1.42. The van der Waals surface area contributed by atoms with Gasteiger partial charge in [0, 0.05) is 5.56 Å². The molecule has 2 rings (SSSR count). The van der Waals surface area contributed by atoms with Crippen molar-refractivity contribution >= 4 is 5.97 Å². The van der Waals surface area contributed by atoms with Gasteiger partial charge in [-0.2, -0.15) is 0 Å². The zero-order chi connectivity index (χ0) is 16.5. The minimum Gasteiger partial charge on any atom is -0.468 e. The van der Waals surface area contributed by atoms with Crippen molar-refractivity contribution in [3.05, 3.63) is 34.9 Å². The van der Waals surface area contributed by atoms with Crippen LogP contribution in [0, 0.1) is 0 Å². The molecule has 0 amide bonds. The van der Waals surface area contributed by atoms with Gasteiger partial charge < -0.3 is 14.2 Å². The zero-order valence-electron chi connectivity index (χ0n) is 14.4. The first-order chi connectivity index (χ1) is 10.2. The van der Waals surface area contributed by atoms with E-state index in [1.54, 1.807) is 0 Å². The van der Waals surface area contributed by atoms with Crippen molar-refractivity contribution in [3.8, 4) is 0 Å². The fraction of sp³-hybridized carbons (Fsp3) is 0.611. The molecule has 0 N–H and O–H groups in total. The van der Waals surface area contributed by atoms with Gasteiger partial charge in [-0.05, 0) is 36.5 Å². The third-order valence-electron chi connectivity index (χ3n) is 4.13. The van der Waals surface area contributed by atoms with Gasteiger partial charge >= 0.3 is 5.97 Å². The van der Waals surface area contributed by atoms with Crippen LogP contribution in [0.3, 0.4) is 0 Å². The molecule has 0 bridgehead atoms. The number of carbonyl (C=O) groups excluding carboxylic acids is 1. The van der Waals surface area contributed by atoms with Gasteiger partial charge in [-0.3, -0.25) is 4.79 Å². The standard InChI is InChI=1S/C18H26O4/c1-17(2,3)13-9-12(15-21-7-8-22-15)10-14(11-13)18(4,5)16(19)20-6/h9-11,15H,7-8H2,1-6H3. The number of methoxy groups -OCH3 is 1. The summed E-state index contributed by atoms with van der Waals surface area (Å²) in [6, 6.07) is 6.17. The highest BCUT2D eigenvalue weighted by Gasteiger charge is 2.33. The molecule has 0 saturated carbocycles. The summed E-state index contributed by atoms with van der Waals surface area (Å²) in [5.41, 5.74) is 2.27. The Bertz CT molecular complexity index is 549. The minimum absolute atomic E-state index is 0.0322. The zero-order valence-corrected chi connectivity index (χ0v) is 14.4. The van der Waals surface area contributed by atoms with Crippen LogP contribution in [0.5, 0.6) is 0 Å². The van der Waals surface area contributed by atoms with Crippen molar-refractivity contribution in [3.63, 3.8) is 0 Å². The summed E-state index contributed by atoms with van der Waals surface area (Å²) < 4.78 is 16.2. The highest BCUT2D eigenvalue weighted by molar-refractivity contribution is 5.82. The lowest BCUT2D eigenvalue weighted by molar-refractivity contribution is -0.146. The molecule has 1 saturated heterocycles. The average molecular weight is 306 g/mol. The molecule has 1 aliphatic heterocycles. The van der Waals surface area contributed by atoms with Gasteiger partial charge in [-0.15, -0.1) is 0 Å². The van der Waals surface area contributed by atoms with E-state index in [1.165, 1.54) is 7.11 Å². The predicted molar refractivity (Wildman–Crippen MR) is 84.8 cm³/mol. The summed E-state index contributed by atoms with van der Waals surface area (Å²) in [6.07, 6.45) is -0.352.